The molecule has 0 saturated heterocycles. The van der Waals surface area contributed by atoms with E-state index in [9.17, 15) is 0 Å². The molecule has 0 radical (unpaired) electrons. The third kappa shape index (κ3) is 1.20. The van der Waals surface area contributed by atoms with Crippen molar-refractivity contribution in [3.05, 3.63) is 35.9 Å². The minimum absolute atomic E-state index is 0.450. The van der Waals surface area contributed by atoms with Gasteiger partial charge in [-0.15, -0.1) is 0 Å². The fourth-order valence-corrected chi connectivity index (χ4v) is 1.54. The molecule has 1 heterocycles. The highest BCUT2D eigenvalue weighted by Crippen LogP contribution is 2.25. The Hall–Kier alpha value is -1.31. The summed E-state index contributed by atoms with van der Waals surface area (Å²) in [4.78, 5) is 0. The largest absolute Gasteiger partial charge is 0.293 e. The van der Waals surface area contributed by atoms with Gasteiger partial charge in [-0.25, -0.2) is 0 Å². The number of hydrogen-bond acceptors (Lipinski definition) is 2. The average Bonchev–Trinajstić information content (AvgIpc) is 2.53. The van der Waals surface area contributed by atoms with Crippen LogP contribution in [0.25, 0.3) is 0 Å². The van der Waals surface area contributed by atoms with E-state index in [0.717, 1.165) is 6.42 Å². The van der Waals surface area contributed by atoms with Gasteiger partial charge >= 0.3 is 0 Å². The highest BCUT2D eigenvalue weighted by molar-refractivity contribution is 5.60. The zero-order valence-electron chi connectivity index (χ0n) is 7.14. The van der Waals surface area contributed by atoms with E-state index in [1.807, 2.05) is 24.3 Å². The summed E-state index contributed by atoms with van der Waals surface area (Å²) in [5.74, 6) is 0. The molecule has 0 N–H and O–H groups in total. The molecule has 0 aliphatic carbocycles. The Morgan fingerprint density at radius 3 is 2.67 bits per heavy atom. The Morgan fingerprint density at radius 1 is 1.33 bits per heavy atom. The van der Waals surface area contributed by atoms with Crippen molar-refractivity contribution >= 4 is 6.21 Å². The van der Waals surface area contributed by atoms with E-state index in [1.165, 1.54) is 5.56 Å². The summed E-state index contributed by atoms with van der Waals surface area (Å²) in [5, 5.41) is 6.21. The van der Waals surface area contributed by atoms with E-state index in [4.69, 9.17) is 0 Å². The van der Waals surface area contributed by atoms with Crippen molar-refractivity contribution in [2.45, 2.75) is 12.5 Å². The second kappa shape index (κ2) is 2.97. The zero-order chi connectivity index (χ0) is 8.39. The summed E-state index contributed by atoms with van der Waals surface area (Å²) < 4.78 is 0. The molecule has 0 amide bonds. The van der Waals surface area contributed by atoms with Gasteiger partial charge in [-0.1, -0.05) is 30.3 Å². The fourth-order valence-electron chi connectivity index (χ4n) is 1.54. The Kier molecular flexibility index (Phi) is 1.82. The molecule has 12 heavy (non-hydrogen) atoms. The molecule has 2 rings (SSSR count). The van der Waals surface area contributed by atoms with Crippen molar-refractivity contribution in [3.63, 3.8) is 0 Å². The van der Waals surface area contributed by atoms with Crippen LogP contribution >= 0.6 is 0 Å². The maximum Gasteiger partial charge on any atom is 0.0766 e. The number of rotatable bonds is 1. The van der Waals surface area contributed by atoms with Crippen LogP contribution in [0.1, 0.15) is 18.0 Å². The van der Waals surface area contributed by atoms with Gasteiger partial charge in [-0.2, -0.15) is 5.10 Å². The van der Waals surface area contributed by atoms with Crippen molar-refractivity contribution in [1.29, 1.82) is 0 Å². The average molecular weight is 160 g/mol. The van der Waals surface area contributed by atoms with Crippen LogP contribution in [0.15, 0.2) is 35.4 Å². The van der Waals surface area contributed by atoms with Gasteiger partial charge in [0.15, 0.2) is 0 Å². The Labute approximate surface area is 72.5 Å². The lowest BCUT2D eigenvalue weighted by Gasteiger charge is -2.18. The Bertz CT molecular complexity index is 279. The van der Waals surface area contributed by atoms with Crippen molar-refractivity contribution < 1.29 is 0 Å². The molecular formula is C10H12N2. The topological polar surface area (TPSA) is 15.6 Å². The van der Waals surface area contributed by atoms with Gasteiger partial charge in [0.2, 0.25) is 0 Å². The first-order chi connectivity index (χ1) is 5.88. The molecule has 2 heteroatoms. The van der Waals surface area contributed by atoms with E-state index < -0.39 is 0 Å². The molecule has 0 fully saturated rings. The molecule has 2 nitrogen and oxygen atoms in total. The number of benzene rings is 1. The minimum Gasteiger partial charge on any atom is -0.293 e. The van der Waals surface area contributed by atoms with Gasteiger partial charge in [0, 0.05) is 19.7 Å². The van der Waals surface area contributed by atoms with Crippen LogP contribution in [-0.4, -0.2) is 18.3 Å². The standard InChI is InChI=1S/C10H12N2/c1-12-10(7-8-11-12)9-5-3-2-4-6-9/h2-6,8,10H,7H2,1H3. The summed E-state index contributed by atoms with van der Waals surface area (Å²) in [6.45, 7) is 0. The van der Waals surface area contributed by atoms with Gasteiger partial charge in [-0.3, -0.25) is 5.01 Å². The Balaban J connectivity index is 2.22. The lowest BCUT2D eigenvalue weighted by atomic mass is 10.1. The van der Waals surface area contributed by atoms with E-state index in [2.05, 4.69) is 29.4 Å². The minimum atomic E-state index is 0.450. The lowest BCUT2D eigenvalue weighted by molar-refractivity contribution is 0.290. The van der Waals surface area contributed by atoms with E-state index >= 15 is 0 Å². The second-order valence-electron chi connectivity index (χ2n) is 3.03. The monoisotopic (exact) mass is 160 g/mol. The van der Waals surface area contributed by atoms with Gasteiger partial charge in [-0.05, 0) is 5.56 Å². The molecule has 1 aromatic carbocycles. The van der Waals surface area contributed by atoms with E-state index in [-0.39, 0.29) is 0 Å². The zero-order valence-corrected chi connectivity index (χ0v) is 7.14. The van der Waals surface area contributed by atoms with Crippen molar-refractivity contribution in [3.8, 4) is 0 Å². The van der Waals surface area contributed by atoms with Gasteiger partial charge in [0.05, 0.1) is 6.04 Å². The molecule has 1 unspecified atom stereocenters. The van der Waals surface area contributed by atoms with Crippen LogP contribution in [0, 0.1) is 0 Å². The van der Waals surface area contributed by atoms with Gasteiger partial charge in [0.25, 0.3) is 0 Å². The highest BCUT2D eigenvalue weighted by Gasteiger charge is 2.17. The first-order valence-electron chi connectivity index (χ1n) is 4.18. The quantitative estimate of drug-likeness (QED) is 0.614. The van der Waals surface area contributed by atoms with Crippen LogP contribution < -0.4 is 0 Å². The van der Waals surface area contributed by atoms with Gasteiger partial charge in [0.1, 0.15) is 0 Å². The summed E-state index contributed by atoms with van der Waals surface area (Å²) in [6.07, 6.45) is 3.00. The molecule has 62 valence electrons. The summed E-state index contributed by atoms with van der Waals surface area (Å²) >= 11 is 0. The summed E-state index contributed by atoms with van der Waals surface area (Å²) in [5.41, 5.74) is 1.34. The molecule has 1 aliphatic heterocycles. The van der Waals surface area contributed by atoms with E-state index in [1.54, 1.807) is 0 Å². The molecular weight excluding hydrogens is 148 g/mol. The normalized spacial score (nSPS) is 21.8. The predicted octanol–water partition coefficient (Wildman–Crippen LogP) is 2.05. The first kappa shape index (κ1) is 7.35. The maximum absolute atomic E-state index is 4.20. The summed E-state index contributed by atoms with van der Waals surface area (Å²) in [7, 11) is 2.02. The Morgan fingerprint density at radius 2 is 2.08 bits per heavy atom. The third-order valence-electron chi connectivity index (χ3n) is 2.23. The van der Waals surface area contributed by atoms with Crippen LogP contribution in [-0.2, 0) is 0 Å². The van der Waals surface area contributed by atoms with Crippen LogP contribution in [0.5, 0.6) is 0 Å². The second-order valence-corrected chi connectivity index (χ2v) is 3.03. The number of hydrogen-bond donors (Lipinski definition) is 0. The SMILES string of the molecule is CN1N=CCC1c1ccccc1. The predicted molar refractivity (Wildman–Crippen MR) is 50.1 cm³/mol. The molecule has 1 aliphatic rings. The molecule has 0 bridgehead atoms. The van der Waals surface area contributed by atoms with Crippen molar-refractivity contribution in [2.24, 2.45) is 5.10 Å². The molecule has 0 aromatic heterocycles. The summed E-state index contributed by atoms with van der Waals surface area (Å²) in [6, 6.07) is 10.9. The maximum atomic E-state index is 4.20. The third-order valence-corrected chi connectivity index (χ3v) is 2.23. The molecule has 1 aromatic rings. The molecule has 0 saturated carbocycles. The smallest absolute Gasteiger partial charge is 0.0766 e. The van der Waals surface area contributed by atoms with Crippen molar-refractivity contribution in [1.82, 2.24) is 5.01 Å². The van der Waals surface area contributed by atoms with Crippen LogP contribution in [0.2, 0.25) is 0 Å². The van der Waals surface area contributed by atoms with Gasteiger partial charge < -0.3 is 0 Å². The highest BCUT2D eigenvalue weighted by atomic mass is 15.5. The fraction of sp³-hybridized carbons (Fsp3) is 0.300. The lowest BCUT2D eigenvalue weighted by Crippen LogP contribution is -2.13. The molecule has 0 spiro atoms. The number of hydrazone groups is 1. The molecule has 1 atom stereocenters. The number of nitrogens with zero attached hydrogens (tertiary/aromatic N) is 2. The first-order valence-corrected chi connectivity index (χ1v) is 4.18. The van der Waals surface area contributed by atoms with E-state index in [0.29, 0.717) is 6.04 Å². The van der Waals surface area contributed by atoms with Crippen molar-refractivity contribution in [2.75, 3.05) is 7.05 Å². The van der Waals surface area contributed by atoms with Crippen LogP contribution in [0.3, 0.4) is 0 Å². The van der Waals surface area contributed by atoms with Crippen LogP contribution in [0.4, 0.5) is 0 Å².